The molecule has 0 aliphatic carbocycles. The van der Waals surface area contributed by atoms with Crippen molar-refractivity contribution in [3.05, 3.63) is 50.1 Å². The predicted octanol–water partition coefficient (Wildman–Crippen LogP) is 4.10. The average molecular weight is 373 g/mol. The van der Waals surface area contributed by atoms with Gasteiger partial charge in [-0.2, -0.15) is 0 Å². The Labute approximate surface area is 150 Å². The number of thiophene rings is 1. The largest absolute Gasteiger partial charge is 0.494 e. The lowest BCUT2D eigenvalue weighted by atomic mass is 10.1. The first-order valence-corrected chi connectivity index (χ1v) is 8.58. The van der Waals surface area contributed by atoms with Crippen LogP contribution in [0.2, 0.25) is 10.0 Å². The van der Waals surface area contributed by atoms with Gasteiger partial charge in [-0.3, -0.25) is 4.79 Å². The minimum absolute atomic E-state index is 0.114. The van der Waals surface area contributed by atoms with Gasteiger partial charge in [0, 0.05) is 17.0 Å². The zero-order valence-corrected chi connectivity index (χ0v) is 15.4. The highest BCUT2D eigenvalue weighted by atomic mass is 35.5. The molecule has 1 amide bonds. The number of ether oxygens (including phenoxy) is 1. The second kappa shape index (κ2) is 8.02. The Bertz CT molecular complexity index is 652. The van der Waals surface area contributed by atoms with Crippen LogP contribution in [0.5, 0.6) is 5.75 Å². The molecule has 0 saturated heterocycles. The van der Waals surface area contributed by atoms with E-state index in [1.165, 1.54) is 12.0 Å². The van der Waals surface area contributed by atoms with Gasteiger partial charge < -0.3 is 15.0 Å². The topological polar surface area (TPSA) is 41.6 Å². The maximum Gasteiger partial charge on any atom is 0.251 e. The minimum atomic E-state index is -0.222. The number of carbonyl (C=O) groups is 1. The summed E-state index contributed by atoms with van der Waals surface area (Å²) in [6.45, 7) is 0.494. The van der Waals surface area contributed by atoms with Crippen LogP contribution in [0, 0.1) is 0 Å². The summed E-state index contributed by atoms with van der Waals surface area (Å²) in [6, 6.07) is 7.28. The van der Waals surface area contributed by atoms with Crippen LogP contribution in [0.4, 0.5) is 0 Å². The third-order valence-electron chi connectivity index (χ3n) is 3.42. The van der Waals surface area contributed by atoms with Crippen molar-refractivity contribution >= 4 is 40.4 Å². The van der Waals surface area contributed by atoms with Gasteiger partial charge in [-0.25, -0.2) is 0 Å². The fraction of sp³-hybridized carbons (Fsp3) is 0.312. The Morgan fingerprint density at radius 3 is 2.48 bits per heavy atom. The summed E-state index contributed by atoms with van der Waals surface area (Å²) in [7, 11) is 5.45. The number of rotatable bonds is 6. The quantitative estimate of drug-likeness (QED) is 0.829. The van der Waals surface area contributed by atoms with Gasteiger partial charge in [0.05, 0.1) is 23.2 Å². The fourth-order valence-electron chi connectivity index (χ4n) is 2.20. The molecule has 0 fully saturated rings. The molecule has 2 rings (SSSR count). The van der Waals surface area contributed by atoms with Crippen LogP contribution in [0.25, 0.3) is 0 Å². The average Bonchev–Trinajstić information content (AvgIpc) is 3.00. The Hall–Kier alpha value is -1.27. The van der Waals surface area contributed by atoms with Crippen molar-refractivity contribution in [2.24, 2.45) is 0 Å². The van der Waals surface area contributed by atoms with Crippen LogP contribution < -0.4 is 10.1 Å². The number of hydrogen-bond acceptors (Lipinski definition) is 4. The summed E-state index contributed by atoms with van der Waals surface area (Å²) < 4.78 is 5.09. The number of nitrogens with one attached hydrogen (secondary N) is 1. The van der Waals surface area contributed by atoms with Crippen LogP contribution in [0.15, 0.2) is 29.6 Å². The zero-order valence-electron chi connectivity index (χ0n) is 13.1. The molecule has 0 aliphatic heterocycles. The number of halogens is 2. The lowest BCUT2D eigenvalue weighted by Gasteiger charge is -2.23. The van der Waals surface area contributed by atoms with Gasteiger partial charge in [-0.1, -0.05) is 29.3 Å². The van der Waals surface area contributed by atoms with E-state index >= 15 is 0 Å². The van der Waals surface area contributed by atoms with Gasteiger partial charge >= 0.3 is 0 Å². The van der Waals surface area contributed by atoms with Crippen LogP contribution >= 0.6 is 34.5 Å². The summed E-state index contributed by atoms with van der Waals surface area (Å²) in [5.41, 5.74) is 0.407. The molecule has 1 heterocycles. The van der Waals surface area contributed by atoms with E-state index in [9.17, 15) is 4.79 Å². The van der Waals surface area contributed by atoms with Crippen LogP contribution in [0.3, 0.4) is 0 Å². The number of hydrogen-bond donors (Lipinski definition) is 1. The van der Waals surface area contributed by atoms with Crippen molar-refractivity contribution in [3.8, 4) is 5.75 Å². The molecular formula is C16H18Cl2N2O2S. The highest BCUT2D eigenvalue weighted by molar-refractivity contribution is 7.10. The SMILES string of the molecule is COc1c(Cl)cc(C(=O)NC[C@@H](c2cccs2)N(C)C)cc1Cl. The summed E-state index contributed by atoms with van der Waals surface area (Å²) in [5, 5.41) is 5.58. The molecule has 2 aromatic rings. The van der Waals surface area contributed by atoms with E-state index in [0.29, 0.717) is 27.9 Å². The number of nitrogens with zero attached hydrogens (tertiary/aromatic N) is 1. The van der Waals surface area contributed by atoms with Gasteiger partial charge in [0.2, 0.25) is 0 Å². The molecule has 0 unspecified atom stereocenters. The second-order valence-corrected chi connectivity index (χ2v) is 6.97. The van der Waals surface area contributed by atoms with E-state index in [-0.39, 0.29) is 11.9 Å². The number of benzene rings is 1. The molecule has 0 bridgehead atoms. The van der Waals surface area contributed by atoms with Crippen LogP contribution in [-0.4, -0.2) is 38.6 Å². The van der Waals surface area contributed by atoms with Crippen molar-refractivity contribution < 1.29 is 9.53 Å². The lowest BCUT2D eigenvalue weighted by molar-refractivity contribution is 0.0942. The molecule has 7 heteroatoms. The number of amides is 1. The van der Waals surface area contributed by atoms with Crippen molar-refractivity contribution in [3.63, 3.8) is 0 Å². The standard InChI is InChI=1S/C16H18Cl2N2O2S/c1-20(2)13(14-5-4-6-23-14)9-19-16(21)10-7-11(17)15(22-3)12(18)8-10/h4-8,13H,9H2,1-3H3,(H,19,21)/t13-/m0/s1. The normalized spacial score (nSPS) is 12.3. The first-order valence-electron chi connectivity index (χ1n) is 6.95. The zero-order chi connectivity index (χ0) is 17.0. The summed E-state index contributed by atoms with van der Waals surface area (Å²) >= 11 is 13.8. The van der Waals surface area contributed by atoms with Crippen molar-refractivity contribution in [2.45, 2.75) is 6.04 Å². The van der Waals surface area contributed by atoms with Gasteiger partial charge in [0.25, 0.3) is 5.91 Å². The van der Waals surface area contributed by atoms with E-state index in [1.807, 2.05) is 25.5 Å². The van der Waals surface area contributed by atoms with E-state index in [2.05, 4.69) is 16.3 Å². The fourth-order valence-corrected chi connectivity index (χ4v) is 3.76. The highest BCUT2D eigenvalue weighted by Crippen LogP contribution is 2.33. The molecule has 0 spiro atoms. The summed E-state index contributed by atoms with van der Waals surface area (Å²) in [5.74, 6) is 0.148. The van der Waals surface area contributed by atoms with Crippen LogP contribution in [-0.2, 0) is 0 Å². The number of likely N-dealkylation sites (N-methyl/N-ethyl adjacent to an activating group) is 1. The molecule has 1 aromatic heterocycles. The summed E-state index contributed by atoms with van der Waals surface area (Å²) in [4.78, 5) is 15.6. The molecule has 1 aromatic carbocycles. The van der Waals surface area contributed by atoms with Crippen molar-refractivity contribution in [1.29, 1.82) is 0 Å². The van der Waals surface area contributed by atoms with Crippen LogP contribution in [0.1, 0.15) is 21.3 Å². The Kier molecular flexibility index (Phi) is 6.30. The molecule has 0 saturated carbocycles. The molecular weight excluding hydrogens is 355 g/mol. The Balaban J connectivity index is 2.10. The van der Waals surface area contributed by atoms with E-state index in [1.54, 1.807) is 23.5 Å². The van der Waals surface area contributed by atoms with Gasteiger partial charge in [0.15, 0.2) is 5.75 Å². The van der Waals surface area contributed by atoms with Gasteiger partial charge in [-0.15, -0.1) is 11.3 Å². The lowest BCUT2D eigenvalue weighted by Crippen LogP contribution is -2.34. The number of methoxy groups -OCH3 is 1. The van der Waals surface area contributed by atoms with Crippen molar-refractivity contribution in [2.75, 3.05) is 27.7 Å². The first kappa shape index (κ1) is 18.1. The van der Waals surface area contributed by atoms with E-state index < -0.39 is 0 Å². The molecule has 124 valence electrons. The Morgan fingerprint density at radius 1 is 1.35 bits per heavy atom. The van der Waals surface area contributed by atoms with E-state index in [4.69, 9.17) is 27.9 Å². The third-order valence-corrected chi connectivity index (χ3v) is 4.95. The monoisotopic (exact) mass is 372 g/mol. The molecule has 0 radical (unpaired) electrons. The number of carbonyl (C=O) groups excluding carboxylic acids is 1. The molecule has 4 nitrogen and oxygen atoms in total. The molecule has 23 heavy (non-hydrogen) atoms. The van der Waals surface area contributed by atoms with Gasteiger partial charge in [-0.05, 0) is 37.7 Å². The molecule has 0 aliphatic rings. The summed E-state index contributed by atoms with van der Waals surface area (Å²) in [6.07, 6.45) is 0. The molecule has 1 N–H and O–H groups in total. The van der Waals surface area contributed by atoms with E-state index in [0.717, 1.165) is 0 Å². The first-order chi connectivity index (χ1) is 10.9. The molecule has 1 atom stereocenters. The second-order valence-electron chi connectivity index (χ2n) is 5.18. The minimum Gasteiger partial charge on any atom is -0.494 e. The smallest absolute Gasteiger partial charge is 0.251 e. The maximum absolute atomic E-state index is 12.4. The maximum atomic E-state index is 12.4. The van der Waals surface area contributed by atoms with Crippen molar-refractivity contribution in [1.82, 2.24) is 10.2 Å². The predicted molar refractivity (Wildman–Crippen MR) is 96.1 cm³/mol. The van der Waals surface area contributed by atoms with Gasteiger partial charge in [0.1, 0.15) is 0 Å². The third kappa shape index (κ3) is 4.38. The highest BCUT2D eigenvalue weighted by Gasteiger charge is 2.18. The Morgan fingerprint density at radius 2 is 2.00 bits per heavy atom.